The van der Waals surface area contributed by atoms with Gasteiger partial charge >= 0.3 is 5.97 Å². The zero-order valence-electron chi connectivity index (χ0n) is 16.4. The number of ether oxygens (including phenoxy) is 1. The molecule has 146 valence electrons. The van der Waals surface area contributed by atoms with Crippen LogP contribution in [0.4, 0.5) is 0 Å². The van der Waals surface area contributed by atoms with Crippen molar-refractivity contribution in [3.63, 3.8) is 0 Å². The zero-order chi connectivity index (χ0) is 20.3. The average Bonchev–Trinajstić information content (AvgIpc) is 3.02. The molecular formula is C20H23N5O2S. The van der Waals surface area contributed by atoms with E-state index in [0.717, 1.165) is 22.4 Å². The van der Waals surface area contributed by atoms with Gasteiger partial charge in [0.05, 0.1) is 25.0 Å². The highest BCUT2D eigenvalue weighted by Crippen LogP contribution is 2.18. The molecule has 0 atom stereocenters. The fourth-order valence-corrected chi connectivity index (χ4v) is 3.32. The van der Waals surface area contributed by atoms with Gasteiger partial charge in [0, 0.05) is 6.54 Å². The molecule has 0 saturated heterocycles. The van der Waals surface area contributed by atoms with Crippen molar-refractivity contribution in [1.29, 1.82) is 0 Å². The number of carbonyl (C=O) groups is 1. The van der Waals surface area contributed by atoms with Gasteiger partial charge in [0.25, 0.3) is 0 Å². The Bertz CT molecular complexity index is 1020. The van der Waals surface area contributed by atoms with Gasteiger partial charge in [-0.2, -0.15) is 4.68 Å². The van der Waals surface area contributed by atoms with Crippen LogP contribution in [0.3, 0.4) is 0 Å². The third-order valence-corrected chi connectivity index (χ3v) is 4.88. The smallest absolute Gasteiger partial charge is 0.337 e. The van der Waals surface area contributed by atoms with Gasteiger partial charge in [0.1, 0.15) is 0 Å². The van der Waals surface area contributed by atoms with Crippen molar-refractivity contribution in [2.75, 3.05) is 14.2 Å². The Morgan fingerprint density at radius 2 is 1.75 bits per heavy atom. The van der Waals surface area contributed by atoms with Crippen molar-refractivity contribution in [3.8, 4) is 5.69 Å². The quantitative estimate of drug-likeness (QED) is 0.470. The summed E-state index contributed by atoms with van der Waals surface area (Å²) in [6, 6.07) is 13.4. The van der Waals surface area contributed by atoms with Crippen molar-refractivity contribution in [1.82, 2.24) is 24.7 Å². The minimum Gasteiger partial charge on any atom is -0.465 e. The molecule has 3 rings (SSSR count). The predicted molar refractivity (Wildman–Crippen MR) is 109 cm³/mol. The van der Waals surface area contributed by atoms with E-state index in [1.807, 2.05) is 51.2 Å². The van der Waals surface area contributed by atoms with Crippen LogP contribution in [0.2, 0.25) is 0 Å². The molecule has 2 aromatic carbocycles. The Labute approximate surface area is 169 Å². The molecule has 0 N–H and O–H groups in total. The van der Waals surface area contributed by atoms with Gasteiger partial charge in [-0.15, -0.1) is 0 Å². The summed E-state index contributed by atoms with van der Waals surface area (Å²) in [6.07, 6.45) is 0. The summed E-state index contributed by atoms with van der Waals surface area (Å²) >= 11 is 5.59. The number of rotatable bonds is 6. The summed E-state index contributed by atoms with van der Waals surface area (Å²) in [5.41, 5.74) is 4.78. The van der Waals surface area contributed by atoms with E-state index in [4.69, 9.17) is 17.0 Å². The fourth-order valence-electron chi connectivity index (χ4n) is 3.10. The van der Waals surface area contributed by atoms with Crippen LogP contribution in [0.15, 0.2) is 42.5 Å². The molecule has 0 fully saturated rings. The van der Waals surface area contributed by atoms with Crippen LogP contribution < -0.4 is 0 Å². The Morgan fingerprint density at radius 1 is 1.11 bits per heavy atom. The van der Waals surface area contributed by atoms with Crippen molar-refractivity contribution in [3.05, 3.63) is 69.5 Å². The molecule has 0 aliphatic heterocycles. The molecule has 0 unspecified atom stereocenters. The van der Waals surface area contributed by atoms with Crippen molar-refractivity contribution < 1.29 is 9.53 Å². The molecule has 0 spiro atoms. The lowest BCUT2D eigenvalue weighted by atomic mass is 10.1. The second-order valence-corrected chi connectivity index (χ2v) is 7.12. The first-order chi connectivity index (χ1) is 13.4. The Morgan fingerprint density at radius 3 is 2.36 bits per heavy atom. The second kappa shape index (κ2) is 8.45. The molecule has 7 nitrogen and oxygen atoms in total. The minimum atomic E-state index is -0.339. The summed E-state index contributed by atoms with van der Waals surface area (Å²) in [7, 11) is 3.35. The number of aromatic nitrogens is 4. The number of benzene rings is 2. The van der Waals surface area contributed by atoms with Crippen LogP contribution in [0, 0.1) is 18.6 Å². The lowest BCUT2D eigenvalue weighted by Gasteiger charge is -2.16. The van der Waals surface area contributed by atoms with E-state index >= 15 is 0 Å². The van der Waals surface area contributed by atoms with Gasteiger partial charge in [0.15, 0.2) is 0 Å². The summed E-state index contributed by atoms with van der Waals surface area (Å²) < 4.78 is 8.68. The number of para-hydroxylation sites is 1. The molecule has 3 aromatic rings. The molecule has 0 radical (unpaired) electrons. The Balaban J connectivity index is 1.73. The van der Waals surface area contributed by atoms with Gasteiger partial charge in [-0.25, -0.2) is 9.48 Å². The standard InChI is InChI=1S/C20H23N5O2S/c1-14-6-5-7-15(2)18(14)25-20(28)24(21-22-25)13-23(3)12-16-8-10-17(11-9-16)19(26)27-4/h5-11H,12-13H2,1-4H3. The summed E-state index contributed by atoms with van der Waals surface area (Å²) in [6.45, 7) is 5.25. The Kier molecular flexibility index (Phi) is 6.01. The number of hydrogen-bond donors (Lipinski definition) is 0. The molecule has 0 aliphatic rings. The first kappa shape index (κ1) is 19.9. The number of aryl methyl sites for hydroxylation is 2. The van der Waals surface area contributed by atoms with E-state index in [1.165, 1.54) is 7.11 Å². The van der Waals surface area contributed by atoms with Crippen molar-refractivity contribution in [2.24, 2.45) is 0 Å². The molecule has 1 heterocycles. The summed E-state index contributed by atoms with van der Waals surface area (Å²) in [5, 5.41) is 8.48. The largest absolute Gasteiger partial charge is 0.465 e. The maximum atomic E-state index is 11.5. The van der Waals surface area contributed by atoms with Gasteiger partial charge in [-0.1, -0.05) is 30.3 Å². The van der Waals surface area contributed by atoms with Gasteiger partial charge in [-0.05, 0) is 72.4 Å². The van der Waals surface area contributed by atoms with Crippen LogP contribution in [0.25, 0.3) is 5.69 Å². The van der Waals surface area contributed by atoms with E-state index in [0.29, 0.717) is 23.5 Å². The molecule has 1 aromatic heterocycles. The van der Waals surface area contributed by atoms with E-state index in [2.05, 4.69) is 15.3 Å². The molecule has 0 bridgehead atoms. The maximum absolute atomic E-state index is 11.5. The molecule has 28 heavy (non-hydrogen) atoms. The van der Waals surface area contributed by atoms with E-state index in [9.17, 15) is 4.79 Å². The molecule has 0 saturated carbocycles. The minimum absolute atomic E-state index is 0.339. The van der Waals surface area contributed by atoms with Crippen LogP contribution in [0.5, 0.6) is 0 Å². The SMILES string of the molecule is COC(=O)c1ccc(CN(C)Cn2nnn(-c3c(C)cccc3C)c2=S)cc1. The third-order valence-electron chi connectivity index (χ3n) is 4.49. The molecular weight excluding hydrogens is 374 g/mol. The Hall–Kier alpha value is -2.84. The number of nitrogens with zero attached hydrogens (tertiary/aromatic N) is 5. The average molecular weight is 398 g/mol. The predicted octanol–water partition coefficient (Wildman–Crippen LogP) is 3.29. The first-order valence-corrected chi connectivity index (χ1v) is 9.26. The lowest BCUT2D eigenvalue weighted by molar-refractivity contribution is 0.0600. The monoisotopic (exact) mass is 397 g/mol. The highest BCUT2D eigenvalue weighted by Gasteiger charge is 2.12. The summed E-state index contributed by atoms with van der Waals surface area (Å²) in [4.78, 5) is 13.6. The molecule has 0 amide bonds. The van der Waals surface area contributed by atoms with Crippen LogP contribution in [-0.2, 0) is 18.0 Å². The number of hydrogen-bond acceptors (Lipinski definition) is 6. The second-order valence-electron chi connectivity index (χ2n) is 6.76. The molecule has 8 heteroatoms. The van der Waals surface area contributed by atoms with E-state index < -0.39 is 0 Å². The summed E-state index contributed by atoms with van der Waals surface area (Å²) in [5.74, 6) is -0.339. The van der Waals surface area contributed by atoms with Gasteiger partial charge in [-0.3, -0.25) is 4.90 Å². The van der Waals surface area contributed by atoms with Gasteiger partial charge in [0.2, 0.25) is 4.77 Å². The topological polar surface area (TPSA) is 65.2 Å². The van der Waals surface area contributed by atoms with E-state index in [-0.39, 0.29) is 5.97 Å². The number of tetrazole rings is 1. The van der Waals surface area contributed by atoms with E-state index in [1.54, 1.807) is 21.5 Å². The van der Waals surface area contributed by atoms with Crippen LogP contribution >= 0.6 is 12.2 Å². The maximum Gasteiger partial charge on any atom is 0.337 e. The normalized spacial score (nSPS) is 11.0. The van der Waals surface area contributed by atoms with Crippen molar-refractivity contribution in [2.45, 2.75) is 27.1 Å². The highest BCUT2D eigenvalue weighted by molar-refractivity contribution is 7.71. The third kappa shape index (κ3) is 4.18. The first-order valence-electron chi connectivity index (χ1n) is 8.86. The van der Waals surface area contributed by atoms with Gasteiger partial charge < -0.3 is 4.74 Å². The highest BCUT2D eigenvalue weighted by atomic mass is 32.1. The fraction of sp³-hybridized carbons (Fsp3) is 0.300. The molecule has 0 aliphatic carbocycles. The zero-order valence-corrected chi connectivity index (χ0v) is 17.2. The number of methoxy groups -OCH3 is 1. The lowest BCUT2D eigenvalue weighted by Crippen LogP contribution is -2.22. The van der Waals surface area contributed by atoms with Crippen molar-refractivity contribution >= 4 is 18.2 Å². The number of esters is 1. The van der Waals surface area contributed by atoms with Crippen LogP contribution in [-0.4, -0.2) is 44.8 Å². The van der Waals surface area contributed by atoms with Crippen LogP contribution in [0.1, 0.15) is 27.0 Å². The number of carbonyl (C=O) groups excluding carboxylic acids is 1.